The van der Waals surface area contributed by atoms with E-state index in [9.17, 15) is 14.4 Å². The van der Waals surface area contributed by atoms with Crippen LogP contribution in [0.25, 0.3) is 11.1 Å². The molecule has 4 rings (SSSR count). The molecule has 0 saturated carbocycles. The second kappa shape index (κ2) is 10.4. The normalized spacial score (nSPS) is 13.0. The number of alkyl carbamates (subject to hydrolysis) is 1. The van der Waals surface area contributed by atoms with Gasteiger partial charge in [0.1, 0.15) is 12.6 Å². The number of aromatic nitrogens is 2. The van der Waals surface area contributed by atoms with Gasteiger partial charge in [0.2, 0.25) is 11.8 Å². The van der Waals surface area contributed by atoms with Gasteiger partial charge in [-0.25, -0.2) is 4.79 Å². The number of aliphatic carboxylic acids is 1. The van der Waals surface area contributed by atoms with E-state index in [0.717, 1.165) is 22.3 Å². The van der Waals surface area contributed by atoms with Gasteiger partial charge in [0.15, 0.2) is 5.82 Å². The SMILES string of the molecule is Cc1noc(CN(C)C(=O)C(CCC(=O)O)NC(=O)OCC2c3ccccc3-c3ccccc32)n1. The molecule has 0 bridgehead atoms. The van der Waals surface area contributed by atoms with Gasteiger partial charge in [-0.1, -0.05) is 53.7 Å². The molecule has 1 unspecified atom stereocenters. The molecule has 0 saturated heterocycles. The van der Waals surface area contributed by atoms with Crippen LogP contribution in [0.3, 0.4) is 0 Å². The van der Waals surface area contributed by atoms with Crippen molar-refractivity contribution in [1.82, 2.24) is 20.4 Å². The van der Waals surface area contributed by atoms with Crippen molar-refractivity contribution in [3.63, 3.8) is 0 Å². The number of nitrogens with zero attached hydrogens (tertiary/aromatic N) is 3. The Balaban J connectivity index is 1.41. The molecule has 10 nitrogen and oxygen atoms in total. The first-order chi connectivity index (χ1) is 16.8. The van der Waals surface area contributed by atoms with Crippen LogP contribution in [0.15, 0.2) is 53.1 Å². The lowest BCUT2D eigenvalue weighted by Crippen LogP contribution is -2.47. The number of benzene rings is 2. The van der Waals surface area contributed by atoms with Crippen molar-refractivity contribution in [3.8, 4) is 11.1 Å². The molecule has 1 heterocycles. The summed E-state index contributed by atoms with van der Waals surface area (Å²) in [5, 5.41) is 15.3. The summed E-state index contributed by atoms with van der Waals surface area (Å²) >= 11 is 0. The molecule has 2 N–H and O–H groups in total. The lowest BCUT2D eigenvalue weighted by Gasteiger charge is -2.23. The number of fused-ring (bicyclic) bond motifs is 3. The standard InChI is InChI=1S/C25H26N4O6/c1-15-26-22(35-28-15)13-29(2)24(32)21(11-12-23(30)31)27-25(33)34-14-20-18-9-5-3-7-16(18)17-8-4-6-10-19(17)20/h3-10,20-21H,11-14H2,1-2H3,(H,27,33)(H,30,31). The van der Waals surface area contributed by atoms with E-state index in [1.54, 1.807) is 6.92 Å². The van der Waals surface area contributed by atoms with Crippen molar-refractivity contribution in [2.75, 3.05) is 13.7 Å². The summed E-state index contributed by atoms with van der Waals surface area (Å²) in [5.74, 6) is -1.04. The number of carboxylic acids is 1. The maximum atomic E-state index is 13.0. The van der Waals surface area contributed by atoms with Gasteiger partial charge in [0.25, 0.3) is 0 Å². The lowest BCUT2D eigenvalue weighted by molar-refractivity contribution is -0.138. The van der Waals surface area contributed by atoms with Gasteiger partial charge < -0.3 is 24.6 Å². The molecular formula is C25H26N4O6. The largest absolute Gasteiger partial charge is 0.481 e. The summed E-state index contributed by atoms with van der Waals surface area (Å²) in [7, 11) is 1.51. The highest BCUT2D eigenvalue weighted by Crippen LogP contribution is 2.44. The van der Waals surface area contributed by atoms with E-state index in [2.05, 4.69) is 15.5 Å². The van der Waals surface area contributed by atoms with Crippen LogP contribution in [-0.4, -0.2) is 57.8 Å². The minimum Gasteiger partial charge on any atom is -0.481 e. The Morgan fingerprint density at radius 2 is 1.74 bits per heavy atom. The smallest absolute Gasteiger partial charge is 0.407 e. The zero-order chi connectivity index (χ0) is 24.9. The van der Waals surface area contributed by atoms with Crippen LogP contribution >= 0.6 is 0 Å². The molecule has 1 aromatic heterocycles. The number of aryl methyl sites for hydroxylation is 1. The predicted octanol–water partition coefficient (Wildman–Crippen LogP) is 3.11. The van der Waals surface area contributed by atoms with Gasteiger partial charge >= 0.3 is 12.1 Å². The number of carbonyl (C=O) groups excluding carboxylic acids is 2. The summed E-state index contributed by atoms with van der Waals surface area (Å²) in [6.45, 7) is 1.76. The summed E-state index contributed by atoms with van der Waals surface area (Å²) in [6, 6.07) is 14.8. The molecule has 3 aromatic rings. The van der Waals surface area contributed by atoms with E-state index in [0.29, 0.717) is 5.82 Å². The molecule has 35 heavy (non-hydrogen) atoms. The third-order valence-electron chi connectivity index (χ3n) is 5.90. The molecule has 1 aliphatic carbocycles. The molecular weight excluding hydrogens is 452 g/mol. The minimum atomic E-state index is -1.09. The molecule has 1 atom stereocenters. The third kappa shape index (κ3) is 5.48. The van der Waals surface area contributed by atoms with E-state index in [-0.39, 0.29) is 37.8 Å². The summed E-state index contributed by atoms with van der Waals surface area (Å²) in [6.07, 6.45) is -1.18. The zero-order valence-corrected chi connectivity index (χ0v) is 19.4. The minimum absolute atomic E-state index is 0.0234. The number of rotatable bonds is 9. The van der Waals surface area contributed by atoms with Crippen LogP contribution in [0.5, 0.6) is 0 Å². The van der Waals surface area contributed by atoms with Crippen molar-refractivity contribution in [2.24, 2.45) is 0 Å². The highest BCUT2D eigenvalue weighted by Gasteiger charge is 2.30. The number of carboxylic acid groups (broad SMARTS) is 1. The number of hydrogen-bond donors (Lipinski definition) is 2. The maximum Gasteiger partial charge on any atom is 0.407 e. The predicted molar refractivity (Wildman–Crippen MR) is 124 cm³/mol. The van der Waals surface area contributed by atoms with E-state index in [4.69, 9.17) is 14.4 Å². The van der Waals surface area contributed by atoms with E-state index >= 15 is 0 Å². The second-order valence-electron chi connectivity index (χ2n) is 8.38. The number of nitrogens with one attached hydrogen (secondary N) is 1. The highest BCUT2D eigenvalue weighted by atomic mass is 16.5. The van der Waals surface area contributed by atoms with Crippen LogP contribution in [0.4, 0.5) is 4.79 Å². The van der Waals surface area contributed by atoms with Gasteiger partial charge in [-0.05, 0) is 35.6 Å². The monoisotopic (exact) mass is 478 g/mol. The Morgan fingerprint density at radius 1 is 1.11 bits per heavy atom. The van der Waals surface area contributed by atoms with Gasteiger partial charge in [-0.3, -0.25) is 9.59 Å². The molecule has 2 aromatic carbocycles. The Kier molecular flexibility index (Phi) is 7.09. The van der Waals surface area contributed by atoms with Crippen molar-refractivity contribution in [3.05, 3.63) is 71.4 Å². The Morgan fingerprint density at radius 3 is 2.31 bits per heavy atom. The number of likely N-dealkylation sites (N-methyl/N-ethyl adjacent to an activating group) is 1. The fourth-order valence-corrected chi connectivity index (χ4v) is 4.26. The van der Waals surface area contributed by atoms with Crippen LogP contribution < -0.4 is 5.32 Å². The van der Waals surface area contributed by atoms with Crippen LogP contribution in [-0.2, 0) is 20.9 Å². The molecule has 0 aliphatic heterocycles. The van der Waals surface area contributed by atoms with Crippen molar-refractivity contribution in [1.29, 1.82) is 0 Å². The molecule has 0 spiro atoms. The summed E-state index contributed by atoms with van der Waals surface area (Å²) in [4.78, 5) is 42.1. The van der Waals surface area contributed by atoms with Gasteiger partial charge in [0.05, 0.1) is 6.54 Å². The quantitative estimate of drug-likeness (QED) is 0.479. The molecule has 2 amide bonds. The van der Waals surface area contributed by atoms with Crippen molar-refractivity contribution in [2.45, 2.75) is 38.3 Å². The summed E-state index contributed by atoms with van der Waals surface area (Å²) < 4.78 is 10.6. The lowest BCUT2D eigenvalue weighted by atomic mass is 9.98. The van der Waals surface area contributed by atoms with E-state index in [1.165, 1.54) is 11.9 Å². The first-order valence-corrected chi connectivity index (χ1v) is 11.2. The fraction of sp³-hybridized carbons (Fsp3) is 0.320. The zero-order valence-electron chi connectivity index (χ0n) is 19.4. The molecule has 0 fully saturated rings. The van der Waals surface area contributed by atoms with Crippen molar-refractivity contribution < 1.29 is 28.8 Å². The first kappa shape index (κ1) is 23.9. The molecule has 182 valence electrons. The van der Waals surface area contributed by atoms with Crippen LogP contribution in [0.1, 0.15) is 41.6 Å². The number of carbonyl (C=O) groups is 3. The van der Waals surface area contributed by atoms with Gasteiger partial charge in [0, 0.05) is 19.4 Å². The second-order valence-corrected chi connectivity index (χ2v) is 8.38. The molecule has 10 heteroatoms. The molecule has 0 radical (unpaired) electrons. The maximum absolute atomic E-state index is 13.0. The average molecular weight is 479 g/mol. The average Bonchev–Trinajstić information content (AvgIpc) is 3.40. The summed E-state index contributed by atoms with van der Waals surface area (Å²) in [5.41, 5.74) is 4.33. The Bertz CT molecular complexity index is 1190. The Hall–Kier alpha value is -4.21. The van der Waals surface area contributed by atoms with Crippen LogP contribution in [0, 0.1) is 6.92 Å². The van der Waals surface area contributed by atoms with Crippen LogP contribution in [0.2, 0.25) is 0 Å². The van der Waals surface area contributed by atoms with Gasteiger partial charge in [-0.15, -0.1) is 0 Å². The van der Waals surface area contributed by atoms with E-state index in [1.807, 2.05) is 48.5 Å². The van der Waals surface area contributed by atoms with Crippen molar-refractivity contribution >= 4 is 18.0 Å². The topological polar surface area (TPSA) is 135 Å². The fourth-order valence-electron chi connectivity index (χ4n) is 4.26. The van der Waals surface area contributed by atoms with E-state index < -0.39 is 24.0 Å². The third-order valence-corrected chi connectivity index (χ3v) is 5.90. The first-order valence-electron chi connectivity index (χ1n) is 11.2. The van der Waals surface area contributed by atoms with Gasteiger partial charge in [-0.2, -0.15) is 4.98 Å². The highest BCUT2D eigenvalue weighted by molar-refractivity contribution is 5.86. The Labute approximate surface area is 201 Å². The number of amides is 2. The number of ether oxygens (including phenoxy) is 1. The number of hydrogen-bond acceptors (Lipinski definition) is 7. The molecule has 1 aliphatic rings.